The van der Waals surface area contributed by atoms with E-state index in [1.807, 2.05) is 26.0 Å². The van der Waals surface area contributed by atoms with Crippen molar-refractivity contribution in [3.8, 4) is 0 Å². The molecule has 1 amide bonds. The van der Waals surface area contributed by atoms with Crippen LogP contribution in [0.5, 0.6) is 0 Å². The minimum Gasteiger partial charge on any atom is -0.530 e. The minimum absolute atomic E-state index is 0.0539. The van der Waals surface area contributed by atoms with Crippen LogP contribution in [0.4, 0.5) is 9.59 Å². The van der Waals surface area contributed by atoms with Crippen LogP contribution in [-0.4, -0.2) is 46.7 Å². The summed E-state index contributed by atoms with van der Waals surface area (Å²) in [6.45, 7) is 3.67. The normalized spacial score (nSPS) is 22.8. The molecule has 0 aromatic heterocycles. The molecule has 1 aromatic carbocycles. The van der Waals surface area contributed by atoms with E-state index in [2.05, 4.69) is 0 Å². The molecular formula is C18H20Cl4NO5-. The van der Waals surface area contributed by atoms with Crippen molar-refractivity contribution in [2.75, 3.05) is 19.7 Å². The molecule has 2 rings (SSSR count). The van der Waals surface area contributed by atoms with E-state index in [-0.39, 0.29) is 30.8 Å². The smallest absolute Gasteiger partial charge is 0.508 e. The molecule has 10 heteroatoms. The zero-order valence-electron chi connectivity index (χ0n) is 15.2. The number of halogens is 4. The van der Waals surface area contributed by atoms with Gasteiger partial charge in [-0.1, -0.05) is 72.4 Å². The molecule has 28 heavy (non-hydrogen) atoms. The molecule has 156 valence electrons. The molecule has 1 aliphatic heterocycles. The lowest BCUT2D eigenvalue weighted by atomic mass is 9.73. The molecule has 0 radical (unpaired) electrons. The third-order valence-corrected chi connectivity index (χ3v) is 5.24. The number of likely N-dealkylation sites (tertiary alicyclic amines) is 1. The largest absolute Gasteiger partial charge is 0.530 e. The first-order valence-electron chi connectivity index (χ1n) is 8.59. The van der Waals surface area contributed by atoms with Gasteiger partial charge >= 0.3 is 6.16 Å². The molecular weight excluding hydrogens is 452 g/mol. The van der Waals surface area contributed by atoms with E-state index in [4.69, 9.17) is 55.9 Å². The first kappa shape index (κ1) is 23.2. The summed E-state index contributed by atoms with van der Waals surface area (Å²) in [7, 11) is 0. The molecule has 0 spiro atoms. The van der Waals surface area contributed by atoms with E-state index < -0.39 is 28.8 Å². The predicted molar refractivity (Wildman–Crippen MR) is 106 cm³/mol. The number of benzene rings is 1. The van der Waals surface area contributed by atoms with Gasteiger partial charge in [0.15, 0.2) is 0 Å². The molecule has 6 nitrogen and oxygen atoms in total. The van der Waals surface area contributed by atoms with Crippen LogP contribution in [0.1, 0.15) is 25.3 Å². The van der Waals surface area contributed by atoms with Gasteiger partial charge in [0.25, 0.3) is 0 Å². The number of piperidine rings is 1. The highest BCUT2D eigenvalue weighted by Crippen LogP contribution is 2.39. The van der Waals surface area contributed by atoms with Gasteiger partial charge in [-0.3, -0.25) is 0 Å². The van der Waals surface area contributed by atoms with Gasteiger partial charge in [-0.05, 0) is 29.5 Å². The molecule has 1 aliphatic rings. The number of rotatable bonds is 4. The van der Waals surface area contributed by atoms with Crippen molar-refractivity contribution in [3.05, 3.63) is 34.9 Å². The van der Waals surface area contributed by atoms with Crippen LogP contribution in [0, 0.1) is 11.8 Å². The Kier molecular flexibility index (Phi) is 7.97. The quantitative estimate of drug-likeness (QED) is 0.484. The van der Waals surface area contributed by atoms with Gasteiger partial charge in [0.1, 0.15) is 18.8 Å². The van der Waals surface area contributed by atoms with Crippen LogP contribution >= 0.6 is 46.4 Å². The SMILES string of the molecule is CC(C)C1CN(C(=O)[O-])CC(OC(=O)OCC(Cl)(Cl)Cl)C1c1ccc(Cl)cc1. The molecule has 0 saturated carbocycles. The monoisotopic (exact) mass is 470 g/mol. The zero-order valence-corrected chi connectivity index (χ0v) is 18.3. The summed E-state index contributed by atoms with van der Waals surface area (Å²) in [4.78, 5) is 24.7. The van der Waals surface area contributed by atoms with Crippen molar-refractivity contribution in [1.29, 1.82) is 0 Å². The summed E-state index contributed by atoms with van der Waals surface area (Å²) in [5, 5.41) is 12.0. The Morgan fingerprint density at radius 3 is 2.32 bits per heavy atom. The second-order valence-electron chi connectivity index (χ2n) is 6.97. The van der Waals surface area contributed by atoms with Crippen LogP contribution in [0.2, 0.25) is 5.02 Å². The van der Waals surface area contributed by atoms with Gasteiger partial charge in [-0.2, -0.15) is 0 Å². The molecule has 1 fully saturated rings. The highest BCUT2D eigenvalue weighted by Gasteiger charge is 2.42. The summed E-state index contributed by atoms with van der Waals surface area (Å²) in [5.74, 6) is -0.293. The first-order valence-corrected chi connectivity index (χ1v) is 10.1. The predicted octanol–water partition coefficient (Wildman–Crippen LogP) is 4.25. The Balaban J connectivity index is 2.29. The van der Waals surface area contributed by atoms with Crippen LogP contribution in [0.25, 0.3) is 0 Å². The number of hydrogen-bond acceptors (Lipinski definition) is 5. The number of alkyl halides is 3. The number of hydrogen-bond donors (Lipinski definition) is 0. The molecule has 3 unspecified atom stereocenters. The summed E-state index contributed by atoms with van der Waals surface area (Å²) in [6, 6.07) is 7.13. The maximum absolute atomic E-state index is 12.1. The van der Waals surface area contributed by atoms with E-state index in [0.29, 0.717) is 5.02 Å². The maximum Gasteiger partial charge on any atom is 0.508 e. The number of amides is 1. The van der Waals surface area contributed by atoms with E-state index in [1.54, 1.807) is 12.1 Å². The van der Waals surface area contributed by atoms with Gasteiger partial charge < -0.3 is 24.3 Å². The van der Waals surface area contributed by atoms with E-state index in [1.165, 1.54) is 0 Å². The Hall–Kier alpha value is -1.08. The van der Waals surface area contributed by atoms with Gasteiger partial charge in [0.2, 0.25) is 3.79 Å². The van der Waals surface area contributed by atoms with Crippen LogP contribution < -0.4 is 5.11 Å². The summed E-state index contributed by atoms with van der Waals surface area (Å²) < 4.78 is 8.51. The second-order valence-corrected chi connectivity index (χ2v) is 9.92. The maximum atomic E-state index is 12.1. The standard InChI is InChI=1S/C18H21Cl4NO5/c1-10(2)13-7-23(16(24)25)8-14(28-17(26)27-9-18(20,21)22)15(13)11-3-5-12(19)6-4-11/h3-6,10,13-15H,7-9H2,1-2H3,(H,24,25)/p-1. The number of carboxylic acid groups (broad SMARTS) is 1. The number of ether oxygens (including phenoxy) is 2. The highest BCUT2D eigenvalue weighted by molar-refractivity contribution is 6.67. The molecule has 0 aliphatic carbocycles. The molecule has 1 heterocycles. The van der Waals surface area contributed by atoms with Crippen molar-refractivity contribution < 1.29 is 24.2 Å². The minimum atomic E-state index is -1.78. The summed E-state index contributed by atoms with van der Waals surface area (Å²) in [5.41, 5.74) is 0.875. The fourth-order valence-electron chi connectivity index (χ4n) is 3.38. The van der Waals surface area contributed by atoms with E-state index in [9.17, 15) is 14.7 Å². The van der Waals surface area contributed by atoms with Crippen molar-refractivity contribution >= 4 is 58.7 Å². The summed E-state index contributed by atoms with van der Waals surface area (Å²) >= 11 is 22.7. The fourth-order valence-corrected chi connectivity index (χ4v) is 3.67. The number of carbonyl (C=O) groups excluding carboxylic acids is 2. The van der Waals surface area contributed by atoms with Crippen molar-refractivity contribution in [1.82, 2.24) is 4.90 Å². The molecule has 1 saturated heterocycles. The number of nitrogens with zero attached hydrogens (tertiary/aromatic N) is 1. The lowest BCUT2D eigenvalue weighted by Gasteiger charge is -2.46. The van der Waals surface area contributed by atoms with Crippen molar-refractivity contribution in [3.63, 3.8) is 0 Å². The lowest BCUT2D eigenvalue weighted by Crippen LogP contribution is -2.56. The molecule has 3 atom stereocenters. The molecule has 1 aromatic rings. The average molecular weight is 472 g/mol. The Bertz CT molecular complexity index is 692. The van der Waals surface area contributed by atoms with E-state index >= 15 is 0 Å². The van der Waals surface area contributed by atoms with Crippen molar-refractivity contribution in [2.45, 2.75) is 29.7 Å². The Morgan fingerprint density at radius 1 is 1.21 bits per heavy atom. The third kappa shape index (κ3) is 6.48. The molecule has 0 N–H and O–H groups in total. The van der Waals surface area contributed by atoms with Crippen LogP contribution in [0.15, 0.2) is 24.3 Å². The fraction of sp³-hybridized carbons (Fsp3) is 0.556. The Morgan fingerprint density at radius 2 is 1.82 bits per heavy atom. The third-order valence-electron chi connectivity index (χ3n) is 4.66. The van der Waals surface area contributed by atoms with Crippen LogP contribution in [0.3, 0.4) is 0 Å². The second kappa shape index (κ2) is 9.61. The van der Waals surface area contributed by atoms with Crippen LogP contribution in [-0.2, 0) is 9.47 Å². The average Bonchev–Trinajstić information content (AvgIpc) is 2.59. The van der Waals surface area contributed by atoms with Gasteiger partial charge in [0.05, 0.1) is 6.54 Å². The highest BCUT2D eigenvalue weighted by atomic mass is 35.6. The van der Waals surface area contributed by atoms with Gasteiger partial charge in [-0.15, -0.1) is 0 Å². The summed E-state index contributed by atoms with van der Waals surface area (Å²) in [6.07, 6.45) is -3.18. The van der Waals surface area contributed by atoms with E-state index in [0.717, 1.165) is 10.5 Å². The molecule has 0 bridgehead atoms. The van der Waals surface area contributed by atoms with Crippen molar-refractivity contribution in [2.24, 2.45) is 11.8 Å². The first-order chi connectivity index (χ1) is 13.0. The lowest BCUT2D eigenvalue weighted by molar-refractivity contribution is -0.269. The topological polar surface area (TPSA) is 78.9 Å². The zero-order chi connectivity index (χ0) is 21.1. The number of carbonyl (C=O) groups is 2. The van der Waals surface area contributed by atoms with Gasteiger partial charge in [-0.25, -0.2) is 4.79 Å². The van der Waals surface area contributed by atoms with Gasteiger partial charge in [0, 0.05) is 17.5 Å². The Labute approximate surface area is 183 Å².